The molecular weight excluding hydrogens is 648 g/mol. The van der Waals surface area contributed by atoms with Gasteiger partial charge in [-0.15, -0.1) is 0 Å². The lowest BCUT2D eigenvalue weighted by Gasteiger charge is -2.09. The molecule has 0 bridgehead atoms. The molecule has 0 aliphatic carbocycles. The normalized spacial score (nSPS) is 11.5. The van der Waals surface area contributed by atoms with Crippen molar-refractivity contribution in [1.29, 1.82) is 0 Å². The van der Waals surface area contributed by atoms with Crippen LogP contribution in [0.25, 0.3) is 0 Å². The molecule has 2 heterocycles. The van der Waals surface area contributed by atoms with E-state index in [4.69, 9.17) is 9.47 Å². The molecule has 6 N–H and O–H groups in total. The number of aliphatic imine (C=N–C) groups is 2. The maximum Gasteiger partial charge on any atom is 0.328 e. The fourth-order valence-corrected chi connectivity index (χ4v) is 4.58. The molecule has 0 radical (unpaired) electrons. The Labute approximate surface area is 286 Å². The Morgan fingerprint density at radius 1 is 0.680 bits per heavy atom. The number of rotatable bonds is 19. The number of hydrogen-bond acceptors (Lipinski definition) is 12. The predicted molar refractivity (Wildman–Crippen MR) is 190 cm³/mol. The first-order valence-electron chi connectivity index (χ1n) is 16.0. The maximum atomic E-state index is 11.9. The zero-order chi connectivity index (χ0) is 35.9. The highest BCUT2D eigenvalue weighted by Gasteiger charge is 2.06. The maximum absolute atomic E-state index is 11.9. The molecule has 266 valence electrons. The van der Waals surface area contributed by atoms with Gasteiger partial charge in [-0.2, -0.15) is 0 Å². The van der Waals surface area contributed by atoms with Crippen LogP contribution in [0.3, 0.4) is 0 Å². The molecule has 0 saturated carbocycles. The SMILES string of the molecule is Cc1cn(CCOc2ccc(C=NCCNCCNCCN=Cc3ccc(OCCn4cc(C)c(=O)[nH]c4=O)cc3O)c(O)c2)c(=O)[nH]c1=O. The molecule has 0 unspecified atom stereocenters. The Hall–Kier alpha value is -5.74. The molecule has 16 heteroatoms. The zero-order valence-electron chi connectivity index (χ0n) is 28.0. The third kappa shape index (κ3) is 11.5. The van der Waals surface area contributed by atoms with E-state index in [-0.39, 0.29) is 37.8 Å². The Morgan fingerprint density at radius 3 is 1.50 bits per heavy atom. The number of aromatic amines is 2. The summed E-state index contributed by atoms with van der Waals surface area (Å²) in [5, 5.41) is 27.2. The van der Waals surface area contributed by atoms with Crippen molar-refractivity contribution >= 4 is 12.4 Å². The Morgan fingerprint density at radius 2 is 1.10 bits per heavy atom. The van der Waals surface area contributed by atoms with Gasteiger partial charge in [0.2, 0.25) is 0 Å². The minimum Gasteiger partial charge on any atom is -0.507 e. The first-order valence-corrected chi connectivity index (χ1v) is 16.0. The van der Waals surface area contributed by atoms with Crippen LogP contribution in [-0.4, -0.2) is 94.2 Å². The van der Waals surface area contributed by atoms with Crippen molar-refractivity contribution in [2.45, 2.75) is 26.9 Å². The van der Waals surface area contributed by atoms with Crippen LogP contribution in [0.5, 0.6) is 23.0 Å². The van der Waals surface area contributed by atoms with Crippen molar-refractivity contribution in [3.8, 4) is 23.0 Å². The van der Waals surface area contributed by atoms with E-state index >= 15 is 0 Å². The van der Waals surface area contributed by atoms with Gasteiger partial charge in [0.15, 0.2) is 0 Å². The molecule has 16 nitrogen and oxygen atoms in total. The lowest BCUT2D eigenvalue weighted by molar-refractivity contribution is 0.293. The number of phenolic OH excluding ortho intramolecular Hbond substituents is 2. The smallest absolute Gasteiger partial charge is 0.328 e. The molecule has 4 aromatic rings. The molecule has 0 aliphatic heterocycles. The summed E-state index contributed by atoms with van der Waals surface area (Å²) in [7, 11) is 0. The monoisotopic (exact) mass is 690 g/mol. The van der Waals surface area contributed by atoms with Crippen LogP contribution in [0.15, 0.2) is 78.0 Å². The molecule has 0 atom stereocenters. The molecule has 0 amide bonds. The molecule has 0 spiro atoms. The van der Waals surface area contributed by atoms with E-state index in [1.165, 1.54) is 33.7 Å². The predicted octanol–water partition coefficient (Wildman–Crippen LogP) is 0.290. The number of phenols is 2. The number of aryl methyl sites for hydroxylation is 2. The summed E-state index contributed by atoms with van der Waals surface area (Å²) in [6.45, 7) is 7.92. The highest BCUT2D eigenvalue weighted by Crippen LogP contribution is 2.23. The fourth-order valence-electron chi connectivity index (χ4n) is 4.58. The Bertz CT molecular complexity index is 1880. The standard InChI is InChI=1S/C34H42N8O8/c1-23-21-41(33(47)39-31(23)45)13-15-49-27-5-3-25(29(43)17-27)19-37-11-9-35-7-8-36-10-12-38-20-26-4-6-28(18-30(26)44)50-16-14-42-22-24(2)32(46)40-34(42)48/h3-6,17-22,35-36,43-44H,7-16H2,1-2H3,(H,39,45,47)(H,40,46,48). The first kappa shape index (κ1) is 37.1. The minimum atomic E-state index is -0.504. The second-order valence-electron chi connectivity index (χ2n) is 11.2. The molecular formula is C34H42N8O8. The minimum absolute atomic E-state index is 0.0231. The number of H-pyrrole nitrogens is 2. The molecule has 0 fully saturated rings. The van der Waals surface area contributed by atoms with Gasteiger partial charge < -0.3 is 30.3 Å². The summed E-state index contributed by atoms with van der Waals surface area (Å²) >= 11 is 0. The van der Waals surface area contributed by atoms with Crippen LogP contribution in [0.4, 0.5) is 0 Å². The summed E-state index contributed by atoms with van der Waals surface area (Å²) in [5.74, 6) is 0.935. The van der Waals surface area contributed by atoms with Gasteiger partial charge in [-0.25, -0.2) is 9.59 Å². The van der Waals surface area contributed by atoms with Gasteiger partial charge in [-0.3, -0.25) is 38.7 Å². The van der Waals surface area contributed by atoms with Crippen LogP contribution in [0.1, 0.15) is 22.3 Å². The van der Waals surface area contributed by atoms with Gasteiger partial charge in [0.25, 0.3) is 11.1 Å². The van der Waals surface area contributed by atoms with E-state index in [0.29, 0.717) is 59.9 Å². The summed E-state index contributed by atoms with van der Waals surface area (Å²) in [6, 6.07) is 9.77. The number of nitrogens with one attached hydrogen (secondary N) is 4. The molecule has 2 aromatic carbocycles. The van der Waals surface area contributed by atoms with Crippen molar-refractivity contribution in [3.05, 3.63) is 113 Å². The van der Waals surface area contributed by atoms with E-state index in [1.54, 1.807) is 50.5 Å². The van der Waals surface area contributed by atoms with Crippen molar-refractivity contribution in [2.75, 3.05) is 52.5 Å². The van der Waals surface area contributed by atoms with Crippen LogP contribution in [0, 0.1) is 13.8 Å². The zero-order valence-corrected chi connectivity index (χ0v) is 28.0. The van der Waals surface area contributed by atoms with E-state index in [9.17, 15) is 29.4 Å². The fraction of sp³-hybridized carbons (Fsp3) is 0.353. The first-order chi connectivity index (χ1) is 24.1. The molecule has 4 rings (SSSR count). The molecule has 2 aromatic heterocycles. The lowest BCUT2D eigenvalue weighted by Crippen LogP contribution is -2.32. The van der Waals surface area contributed by atoms with E-state index in [1.807, 2.05) is 0 Å². The van der Waals surface area contributed by atoms with Crippen molar-refractivity contribution in [2.24, 2.45) is 9.98 Å². The lowest BCUT2D eigenvalue weighted by atomic mass is 10.2. The number of nitrogens with zero attached hydrogens (tertiary/aromatic N) is 4. The molecule has 0 saturated heterocycles. The van der Waals surface area contributed by atoms with Gasteiger partial charge in [0.1, 0.15) is 36.2 Å². The Kier molecular flexibility index (Phi) is 13.9. The van der Waals surface area contributed by atoms with Gasteiger partial charge in [-0.1, -0.05) is 0 Å². The average molecular weight is 691 g/mol. The third-order valence-corrected chi connectivity index (χ3v) is 7.36. The Balaban J connectivity index is 1.04. The van der Waals surface area contributed by atoms with Gasteiger partial charge in [-0.05, 0) is 38.1 Å². The van der Waals surface area contributed by atoms with Crippen LogP contribution >= 0.6 is 0 Å². The topological polar surface area (TPSA) is 217 Å². The largest absolute Gasteiger partial charge is 0.507 e. The van der Waals surface area contributed by atoms with Crippen molar-refractivity contribution in [3.63, 3.8) is 0 Å². The third-order valence-electron chi connectivity index (χ3n) is 7.36. The van der Waals surface area contributed by atoms with Crippen LogP contribution in [-0.2, 0) is 13.1 Å². The second kappa shape index (κ2) is 18.7. The van der Waals surface area contributed by atoms with Gasteiger partial charge in [0.05, 0.1) is 26.2 Å². The number of ether oxygens (including phenoxy) is 2. The van der Waals surface area contributed by atoms with Gasteiger partial charge >= 0.3 is 11.4 Å². The average Bonchev–Trinajstić information content (AvgIpc) is 3.08. The van der Waals surface area contributed by atoms with Crippen molar-refractivity contribution in [1.82, 2.24) is 29.7 Å². The summed E-state index contributed by atoms with van der Waals surface area (Å²) in [6.07, 6.45) is 6.15. The molecule has 0 aliphatic rings. The summed E-state index contributed by atoms with van der Waals surface area (Å²) < 4.78 is 14.0. The van der Waals surface area contributed by atoms with E-state index in [2.05, 4.69) is 30.6 Å². The molecule has 50 heavy (non-hydrogen) atoms. The summed E-state index contributed by atoms with van der Waals surface area (Å²) in [5.41, 5.74) is 0.138. The van der Waals surface area contributed by atoms with Gasteiger partial charge in [0, 0.05) is 85.4 Å². The number of aromatic hydroxyl groups is 2. The van der Waals surface area contributed by atoms with Crippen LogP contribution in [0.2, 0.25) is 0 Å². The second-order valence-corrected chi connectivity index (χ2v) is 11.2. The summed E-state index contributed by atoms with van der Waals surface area (Å²) in [4.78, 5) is 59.9. The quantitative estimate of drug-likeness (QED) is 0.0584. The van der Waals surface area contributed by atoms with Crippen LogP contribution < -0.4 is 42.6 Å². The highest BCUT2D eigenvalue weighted by atomic mass is 16.5. The number of benzene rings is 2. The number of hydrogen-bond donors (Lipinski definition) is 6. The highest BCUT2D eigenvalue weighted by molar-refractivity contribution is 5.84. The number of aromatic nitrogens is 4. The van der Waals surface area contributed by atoms with E-state index < -0.39 is 22.5 Å². The van der Waals surface area contributed by atoms with E-state index in [0.717, 1.165) is 13.1 Å². The van der Waals surface area contributed by atoms with Crippen molar-refractivity contribution < 1.29 is 19.7 Å².